The average molecular weight is 187 g/mol. The summed E-state index contributed by atoms with van der Waals surface area (Å²) in [4.78, 5) is 11.1. The largest absolute Gasteiger partial charge is 0.466 e. The predicted molar refractivity (Wildman–Crippen MR) is 53.3 cm³/mol. The van der Waals surface area contributed by atoms with E-state index in [4.69, 9.17) is 10.5 Å². The Kier molecular flexibility index (Phi) is 6.59. The Balaban J connectivity index is 3.71. The molecule has 0 spiro atoms. The van der Waals surface area contributed by atoms with E-state index >= 15 is 0 Å². The minimum absolute atomic E-state index is 0.0565. The van der Waals surface area contributed by atoms with E-state index in [1.54, 1.807) is 6.92 Å². The van der Waals surface area contributed by atoms with Gasteiger partial charge < -0.3 is 10.5 Å². The van der Waals surface area contributed by atoms with E-state index in [-0.39, 0.29) is 12.0 Å². The van der Waals surface area contributed by atoms with E-state index in [0.717, 1.165) is 12.8 Å². The molecule has 0 saturated heterocycles. The van der Waals surface area contributed by atoms with Gasteiger partial charge in [-0.3, -0.25) is 4.79 Å². The Labute approximate surface area is 80.6 Å². The van der Waals surface area contributed by atoms with Gasteiger partial charge in [-0.1, -0.05) is 20.3 Å². The highest BCUT2D eigenvalue weighted by atomic mass is 16.5. The number of nitrogens with two attached hydrogens (primary N) is 1. The van der Waals surface area contributed by atoms with Crippen LogP contribution in [0, 0.1) is 5.92 Å². The molecule has 0 aromatic heterocycles. The van der Waals surface area contributed by atoms with Gasteiger partial charge in [0.15, 0.2) is 0 Å². The van der Waals surface area contributed by atoms with Crippen molar-refractivity contribution >= 4 is 5.97 Å². The van der Waals surface area contributed by atoms with Crippen molar-refractivity contribution in [3.8, 4) is 0 Å². The summed E-state index contributed by atoms with van der Waals surface area (Å²) in [6, 6.07) is -0.0565. The fraction of sp³-hybridized carbons (Fsp3) is 0.900. The Hall–Kier alpha value is -0.570. The molecule has 0 heterocycles. The second-order valence-corrected chi connectivity index (χ2v) is 3.44. The molecule has 0 aromatic rings. The lowest BCUT2D eigenvalue weighted by Gasteiger charge is -2.17. The van der Waals surface area contributed by atoms with Crippen LogP contribution in [0.25, 0.3) is 0 Å². The smallest absolute Gasteiger partial charge is 0.307 e. The van der Waals surface area contributed by atoms with Crippen molar-refractivity contribution in [2.24, 2.45) is 11.7 Å². The number of rotatable bonds is 6. The average Bonchev–Trinajstić information content (AvgIpc) is 2.05. The van der Waals surface area contributed by atoms with Crippen LogP contribution in [-0.2, 0) is 9.53 Å². The summed E-state index contributed by atoms with van der Waals surface area (Å²) in [5.41, 5.74) is 5.83. The second kappa shape index (κ2) is 6.89. The highest BCUT2D eigenvalue weighted by molar-refractivity contribution is 5.70. The third-order valence-electron chi connectivity index (χ3n) is 2.18. The summed E-state index contributed by atoms with van der Waals surface area (Å²) in [6.45, 7) is 6.44. The molecule has 0 fully saturated rings. The molecule has 2 unspecified atom stereocenters. The van der Waals surface area contributed by atoms with Crippen molar-refractivity contribution in [1.29, 1.82) is 0 Å². The van der Waals surface area contributed by atoms with Gasteiger partial charge in [-0.25, -0.2) is 0 Å². The van der Waals surface area contributed by atoms with E-state index in [1.165, 1.54) is 0 Å². The molecule has 13 heavy (non-hydrogen) atoms. The Bertz CT molecular complexity index is 148. The van der Waals surface area contributed by atoms with Gasteiger partial charge >= 0.3 is 5.97 Å². The maximum atomic E-state index is 11.1. The van der Waals surface area contributed by atoms with Crippen molar-refractivity contribution < 1.29 is 9.53 Å². The van der Waals surface area contributed by atoms with Gasteiger partial charge in [0.25, 0.3) is 0 Å². The number of carbonyl (C=O) groups excluding carboxylic acids is 1. The van der Waals surface area contributed by atoms with E-state index in [2.05, 4.69) is 13.8 Å². The van der Waals surface area contributed by atoms with Gasteiger partial charge in [-0.05, 0) is 19.3 Å². The molecule has 2 N–H and O–H groups in total. The third-order valence-corrected chi connectivity index (χ3v) is 2.18. The van der Waals surface area contributed by atoms with Crippen molar-refractivity contribution in [2.45, 2.75) is 46.1 Å². The highest BCUT2D eigenvalue weighted by Crippen LogP contribution is 2.11. The molecule has 3 nitrogen and oxygen atoms in total. The first kappa shape index (κ1) is 12.4. The van der Waals surface area contributed by atoms with Crippen molar-refractivity contribution in [1.82, 2.24) is 0 Å². The van der Waals surface area contributed by atoms with Crippen molar-refractivity contribution in [3.05, 3.63) is 0 Å². The van der Waals surface area contributed by atoms with Crippen LogP contribution in [0.2, 0.25) is 0 Å². The molecule has 0 amide bonds. The molecule has 0 aromatic carbocycles. The summed E-state index contributed by atoms with van der Waals surface area (Å²) in [7, 11) is 0. The predicted octanol–water partition coefficient (Wildman–Crippen LogP) is 1.70. The maximum Gasteiger partial charge on any atom is 0.307 e. The molecule has 0 aliphatic rings. The lowest BCUT2D eigenvalue weighted by molar-refractivity contribution is -0.143. The van der Waals surface area contributed by atoms with E-state index in [1.807, 2.05) is 0 Å². The number of hydrogen-bond donors (Lipinski definition) is 1. The molecule has 0 bridgehead atoms. The zero-order valence-corrected chi connectivity index (χ0v) is 8.88. The van der Waals surface area contributed by atoms with Crippen LogP contribution in [-0.4, -0.2) is 18.6 Å². The normalized spacial score (nSPS) is 15.1. The first-order valence-electron chi connectivity index (χ1n) is 5.03. The zero-order valence-electron chi connectivity index (χ0n) is 8.88. The van der Waals surface area contributed by atoms with Crippen LogP contribution in [0.3, 0.4) is 0 Å². The van der Waals surface area contributed by atoms with Gasteiger partial charge in [-0.2, -0.15) is 0 Å². The van der Waals surface area contributed by atoms with Crippen LogP contribution < -0.4 is 5.73 Å². The highest BCUT2D eigenvalue weighted by Gasteiger charge is 2.16. The SMILES string of the molecule is CCCC(C)C(N)CC(=O)OCC. The lowest BCUT2D eigenvalue weighted by Crippen LogP contribution is -2.31. The summed E-state index contributed by atoms with van der Waals surface area (Å²) in [5.74, 6) is 0.215. The molecule has 0 rings (SSSR count). The third kappa shape index (κ3) is 5.64. The summed E-state index contributed by atoms with van der Waals surface area (Å²) in [6.07, 6.45) is 2.52. The molecule has 0 saturated carbocycles. The van der Waals surface area contributed by atoms with Gasteiger partial charge in [0, 0.05) is 6.04 Å². The van der Waals surface area contributed by atoms with Crippen molar-refractivity contribution in [3.63, 3.8) is 0 Å². The number of esters is 1. The minimum Gasteiger partial charge on any atom is -0.466 e. The van der Waals surface area contributed by atoms with E-state index in [0.29, 0.717) is 18.9 Å². The van der Waals surface area contributed by atoms with Gasteiger partial charge in [0.1, 0.15) is 0 Å². The Morgan fingerprint density at radius 1 is 1.46 bits per heavy atom. The van der Waals surface area contributed by atoms with Crippen LogP contribution in [0.1, 0.15) is 40.0 Å². The number of carbonyl (C=O) groups is 1. The topological polar surface area (TPSA) is 52.3 Å². The Morgan fingerprint density at radius 3 is 2.54 bits per heavy atom. The molecular formula is C10H21NO2. The zero-order chi connectivity index (χ0) is 10.3. The van der Waals surface area contributed by atoms with Gasteiger partial charge in [0.2, 0.25) is 0 Å². The van der Waals surface area contributed by atoms with E-state index in [9.17, 15) is 4.79 Å². The van der Waals surface area contributed by atoms with Crippen LogP contribution in [0.15, 0.2) is 0 Å². The van der Waals surface area contributed by atoms with Crippen LogP contribution >= 0.6 is 0 Å². The number of ether oxygens (including phenoxy) is 1. The monoisotopic (exact) mass is 187 g/mol. The molecule has 0 aliphatic heterocycles. The van der Waals surface area contributed by atoms with Crippen LogP contribution in [0.4, 0.5) is 0 Å². The van der Waals surface area contributed by atoms with Crippen LogP contribution in [0.5, 0.6) is 0 Å². The molecular weight excluding hydrogens is 166 g/mol. The summed E-state index contributed by atoms with van der Waals surface area (Å²) < 4.78 is 4.82. The molecule has 0 aliphatic carbocycles. The van der Waals surface area contributed by atoms with Gasteiger partial charge in [-0.15, -0.1) is 0 Å². The van der Waals surface area contributed by atoms with Gasteiger partial charge in [0.05, 0.1) is 13.0 Å². The number of hydrogen-bond acceptors (Lipinski definition) is 3. The minimum atomic E-state index is -0.182. The second-order valence-electron chi connectivity index (χ2n) is 3.44. The fourth-order valence-corrected chi connectivity index (χ4v) is 1.28. The summed E-state index contributed by atoms with van der Waals surface area (Å²) >= 11 is 0. The Morgan fingerprint density at radius 2 is 2.08 bits per heavy atom. The summed E-state index contributed by atoms with van der Waals surface area (Å²) in [5, 5.41) is 0. The lowest BCUT2D eigenvalue weighted by atomic mass is 9.95. The van der Waals surface area contributed by atoms with E-state index < -0.39 is 0 Å². The van der Waals surface area contributed by atoms with Crippen molar-refractivity contribution in [2.75, 3.05) is 6.61 Å². The standard InChI is InChI=1S/C10H21NO2/c1-4-6-8(3)9(11)7-10(12)13-5-2/h8-9H,4-7,11H2,1-3H3. The molecule has 78 valence electrons. The quantitative estimate of drug-likeness (QED) is 0.644. The first-order valence-corrected chi connectivity index (χ1v) is 5.03. The maximum absolute atomic E-state index is 11.1. The molecule has 3 heteroatoms. The molecule has 0 radical (unpaired) electrons. The molecule has 2 atom stereocenters. The fourth-order valence-electron chi connectivity index (χ4n) is 1.28. The first-order chi connectivity index (χ1) is 6.11.